The zero-order valence-corrected chi connectivity index (χ0v) is 23.8. The molecule has 9 nitrogen and oxygen atoms in total. The fraction of sp³-hybridized carbons (Fsp3) is 0.455. The van der Waals surface area contributed by atoms with E-state index in [1.165, 1.54) is 0 Å². The lowest BCUT2D eigenvalue weighted by Crippen LogP contribution is -2.64. The molecule has 42 heavy (non-hydrogen) atoms. The molecule has 0 aliphatic carbocycles. The van der Waals surface area contributed by atoms with Crippen LogP contribution in [0.2, 0.25) is 0 Å². The van der Waals surface area contributed by atoms with Crippen LogP contribution in [0.3, 0.4) is 0 Å². The highest BCUT2D eigenvalue weighted by Crippen LogP contribution is 2.33. The fourth-order valence-electron chi connectivity index (χ4n) is 5.31. The van der Waals surface area contributed by atoms with E-state index >= 15 is 0 Å². The minimum absolute atomic E-state index is 0.192. The van der Waals surface area contributed by atoms with E-state index < -0.39 is 61.4 Å². The van der Waals surface area contributed by atoms with Crippen LogP contribution in [-0.2, 0) is 48.2 Å². The maximum Gasteiger partial charge on any atom is 0.187 e. The predicted molar refractivity (Wildman–Crippen MR) is 153 cm³/mol. The van der Waals surface area contributed by atoms with Crippen molar-refractivity contribution in [2.75, 3.05) is 0 Å². The molecule has 5 rings (SSSR count). The lowest BCUT2D eigenvalue weighted by molar-refractivity contribution is -0.361. The summed E-state index contributed by atoms with van der Waals surface area (Å²) in [4.78, 5) is 0. The molecule has 9 heteroatoms. The molecule has 10 atom stereocenters. The number of benzene rings is 3. The summed E-state index contributed by atoms with van der Waals surface area (Å²) < 4.78 is 36.7. The summed E-state index contributed by atoms with van der Waals surface area (Å²) in [6, 6.07) is 28.8. The van der Waals surface area contributed by atoms with E-state index in [1.54, 1.807) is 13.8 Å². The second-order valence-electron chi connectivity index (χ2n) is 10.8. The molecule has 0 spiro atoms. The molecule has 3 aromatic carbocycles. The normalized spacial score (nSPS) is 33.4. The fourth-order valence-corrected chi connectivity index (χ4v) is 5.31. The number of hydrogen-bond donors (Lipinski definition) is 3. The Morgan fingerprint density at radius 2 is 0.976 bits per heavy atom. The molecule has 2 fully saturated rings. The van der Waals surface area contributed by atoms with Gasteiger partial charge in [0.15, 0.2) is 12.6 Å². The summed E-state index contributed by atoms with van der Waals surface area (Å²) >= 11 is 0. The molecule has 2 aliphatic heterocycles. The van der Waals surface area contributed by atoms with Crippen LogP contribution in [0.15, 0.2) is 91.0 Å². The zero-order valence-electron chi connectivity index (χ0n) is 23.8. The Morgan fingerprint density at radius 3 is 1.48 bits per heavy atom. The molecule has 3 N–H and O–H groups in total. The third-order valence-corrected chi connectivity index (χ3v) is 7.67. The quantitative estimate of drug-likeness (QED) is 0.314. The molecule has 0 bridgehead atoms. The van der Waals surface area contributed by atoms with E-state index in [0.29, 0.717) is 0 Å². The average Bonchev–Trinajstić information content (AvgIpc) is 3.01. The average molecular weight is 581 g/mol. The summed E-state index contributed by atoms with van der Waals surface area (Å²) in [6.45, 7) is 4.14. The SMILES string of the molecule is C[C@H]1O[C@@H](O[C@@H]2[C@@H](OCc3ccccc3)[C@H](O)O[C@H](C)[C@H]2OCc2ccccc2)[C@H](O)[C@@H](OCc2ccccc2)[C@@H]1O. The summed E-state index contributed by atoms with van der Waals surface area (Å²) in [5.41, 5.74) is 2.76. The molecule has 0 amide bonds. The molecule has 0 saturated carbocycles. The van der Waals surface area contributed by atoms with Crippen LogP contribution in [0.4, 0.5) is 0 Å². The zero-order chi connectivity index (χ0) is 29.5. The Balaban J connectivity index is 1.36. The minimum atomic E-state index is -1.33. The molecule has 2 saturated heterocycles. The molecule has 0 unspecified atom stereocenters. The Morgan fingerprint density at radius 1 is 0.524 bits per heavy atom. The van der Waals surface area contributed by atoms with Crippen molar-refractivity contribution in [3.63, 3.8) is 0 Å². The summed E-state index contributed by atoms with van der Waals surface area (Å²) in [5, 5.41) is 33.2. The van der Waals surface area contributed by atoms with Gasteiger partial charge in [-0.25, -0.2) is 0 Å². The number of aliphatic hydroxyl groups is 3. The van der Waals surface area contributed by atoms with E-state index in [9.17, 15) is 15.3 Å². The van der Waals surface area contributed by atoms with Gasteiger partial charge in [-0.05, 0) is 30.5 Å². The van der Waals surface area contributed by atoms with Gasteiger partial charge >= 0.3 is 0 Å². The van der Waals surface area contributed by atoms with E-state index in [0.717, 1.165) is 16.7 Å². The number of aliphatic hydroxyl groups excluding tert-OH is 3. The van der Waals surface area contributed by atoms with Gasteiger partial charge in [-0.3, -0.25) is 0 Å². The van der Waals surface area contributed by atoms with E-state index in [1.807, 2.05) is 91.0 Å². The van der Waals surface area contributed by atoms with Crippen molar-refractivity contribution < 1.29 is 43.7 Å². The number of hydrogen-bond acceptors (Lipinski definition) is 9. The topological polar surface area (TPSA) is 116 Å². The maximum atomic E-state index is 11.3. The maximum absolute atomic E-state index is 11.3. The van der Waals surface area contributed by atoms with Crippen molar-refractivity contribution in [1.29, 1.82) is 0 Å². The Bertz CT molecular complexity index is 1140. The van der Waals surface area contributed by atoms with Gasteiger partial charge in [0.2, 0.25) is 0 Å². The number of ether oxygens (including phenoxy) is 6. The summed E-state index contributed by atoms with van der Waals surface area (Å²) in [5.74, 6) is 0. The largest absolute Gasteiger partial charge is 0.388 e. The van der Waals surface area contributed by atoms with Crippen molar-refractivity contribution in [2.45, 2.75) is 95.1 Å². The van der Waals surface area contributed by atoms with E-state index in [4.69, 9.17) is 28.4 Å². The standard InChI is InChI=1S/C33H40O9/c1-21-26(34)29(38-19-24-14-8-4-9-15-24)27(35)33(41-21)42-30-28(37-18-23-12-6-3-7-13-23)22(2)40-32(36)31(30)39-20-25-16-10-5-11-17-25/h3-17,21-22,26-36H,18-20H2,1-2H3/t21-,22-,26-,27-,28-,29+,30+,31-,32-,33+/m1/s1. The van der Waals surface area contributed by atoms with Crippen LogP contribution in [0.1, 0.15) is 30.5 Å². The third-order valence-electron chi connectivity index (χ3n) is 7.67. The van der Waals surface area contributed by atoms with E-state index in [-0.39, 0.29) is 19.8 Å². The minimum Gasteiger partial charge on any atom is -0.388 e. The first kappa shape index (κ1) is 30.7. The van der Waals surface area contributed by atoms with Gasteiger partial charge in [-0.1, -0.05) is 91.0 Å². The van der Waals surface area contributed by atoms with Gasteiger partial charge in [0.1, 0.15) is 36.6 Å². The van der Waals surface area contributed by atoms with Crippen LogP contribution in [-0.4, -0.2) is 76.7 Å². The third kappa shape index (κ3) is 7.62. The van der Waals surface area contributed by atoms with Crippen LogP contribution in [0.5, 0.6) is 0 Å². The summed E-state index contributed by atoms with van der Waals surface area (Å²) in [6.07, 6.45) is -9.73. The van der Waals surface area contributed by atoms with Crippen LogP contribution in [0.25, 0.3) is 0 Å². The predicted octanol–water partition coefficient (Wildman–Crippen LogP) is 3.33. The summed E-state index contributed by atoms with van der Waals surface area (Å²) in [7, 11) is 0. The van der Waals surface area contributed by atoms with Gasteiger partial charge < -0.3 is 43.7 Å². The Hall–Kier alpha value is -2.70. The van der Waals surface area contributed by atoms with Crippen molar-refractivity contribution in [2.24, 2.45) is 0 Å². The first-order valence-electron chi connectivity index (χ1n) is 14.4. The molecule has 2 aliphatic rings. The highest BCUT2D eigenvalue weighted by molar-refractivity contribution is 5.15. The first-order chi connectivity index (χ1) is 20.4. The van der Waals surface area contributed by atoms with Crippen molar-refractivity contribution in [3.8, 4) is 0 Å². The monoisotopic (exact) mass is 580 g/mol. The molecular weight excluding hydrogens is 540 g/mol. The molecule has 2 heterocycles. The smallest absolute Gasteiger partial charge is 0.187 e. The van der Waals surface area contributed by atoms with Crippen molar-refractivity contribution in [3.05, 3.63) is 108 Å². The molecule has 226 valence electrons. The van der Waals surface area contributed by atoms with Crippen LogP contribution >= 0.6 is 0 Å². The van der Waals surface area contributed by atoms with Gasteiger partial charge in [-0.15, -0.1) is 0 Å². The Labute approximate surface area is 246 Å². The van der Waals surface area contributed by atoms with Gasteiger partial charge in [0, 0.05) is 0 Å². The Kier molecular flexibility index (Phi) is 10.7. The van der Waals surface area contributed by atoms with E-state index in [2.05, 4.69) is 0 Å². The molecule has 0 aromatic heterocycles. The molecule has 3 aromatic rings. The molecule has 0 radical (unpaired) electrons. The van der Waals surface area contributed by atoms with Crippen molar-refractivity contribution >= 4 is 0 Å². The van der Waals surface area contributed by atoms with Crippen LogP contribution in [0, 0.1) is 0 Å². The van der Waals surface area contributed by atoms with Gasteiger partial charge in [0.05, 0.1) is 32.0 Å². The number of rotatable bonds is 11. The highest BCUT2D eigenvalue weighted by atomic mass is 16.7. The lowest BCUT2D eigenvalue weighted by Gasteiger charge is -2.47. The first-order valence-corrected chi connectivity index (χ1v) is 14.4. The second-order valence-corrected chi connectivity index (χ2v) is 10.8. The second kappa shape index (κ2) is 14.7. The van der Waals surface area contributed by atoms with Crippen LogP contribution < -0.4 is 0 Å². The highest BCUT2D eigenvalue weighted by Gasteiger charge is 2.51. The van der Waals surface area contributed by atoms with Gasteiger partial charge in [-0.2, -0.15) is 0 Å². The lowest BCUT2D eigenvalue weighted by atomic mass is 9.97. The molecular formula is C33H40O9. The van der Waals surface area contributed by atoms with Gasteiger partial charge in [0.25, 0.3) is 0 Å². The van der Waals surface area contributed by atoms with Crippen molar-refractivity contribution in [1.82, 2.24) is 0 Å².